The molecule has 2 bridgehead atoms. The standard InChI is InChI=1S/C22H31NO4/c1-15-6-7-16(2)18(8-15)26-12-20(25)27-11-19(24)23-14-22(5)10-17(23)9-21(3,4)13-22/h6-8,17H,9-14H2,1-5H3. The molecule has 1 amide bonds. The van der Waals surface area contributed by atoms with Crippen molar-refractivity contribution in [1.82, 2.24) is 4.90 Å². The van der Waals surface area contributed by atoms with Crippen LogP contribution in [0.15, 0.2) is 18.2 Å². The number of nitrogens with zero attached hydrogens (tertiary/aromatic N) is 1. The van der Waals surface area contributed by atoms with E-state index < -0.39 is 5.97 Å². The topological polar surface area (TPSA) is 55.8 Å². The molecular formula is C22H31NO4. The van der Waals surface area contributed by atoms with E-state index in [0.717, 1.165) is 36.9 Å². The Morgan fingerprint density at radius 3 is 2.63 bits per heavy atom. The minimum absolute atomic E-state index is 0.0958. The highest BCUT2D eigenvalue weighted by Gasteiger charge is 2.50. The molecule has 0 aromatic heterocycles. The quantitative estimate of drug-likeness (QED) is 0.739. The highest BCUT2D eigenvalue weighted by Crippen LogP contribution is 2.52. The van der Waals surface area contributed by atoms with Gasteiger partial charge in [-0.1, -0.05) is 32.9 Å². The predicted molar refractivity (Wildman–Crippen MR) is 104 cm³/mol. The number of rotatable bonds is 5. The Labute approximate surface area is 162 Å². The fraction of sp³-hybridized carbons (Fsp3) is 0.636. The van der Waals surface area contributed by atoms with E-state index in [1.165, 1.54) is 0 Å². The normalized spacial score (nSPS) is 26.0. The molecule has 5 heteroatoms. The van der Waals surface area contributed by atoms with E-state index in [0.29, 0.717) is 5.75 Å². The largest absolute Gasteiger partial charge is 0.482 e. The number of fused-ring (bicyclic) bond motifs is 2. The van der Waals surface area contributed by atoms with Gasteiger partial charge in [-0.15, -0.1) is 0 Å². The number of ether oxygens (including phenoxy) is 2. The lowest BCUT2D eigenvalue weighted by atomic mass is 9.65. The van der Waals surface area contributed by atoms with Crippen LogP contribution < -0.4 is 4.74 Å². The number of likely N-dealkylation sites (tertiary alicyclic amines) is 1. The lowest BCUT2D eigenvalue weighted by molar-refractivity contribution is -0.154. The van der Waals surface area contributed by atoms with Crippen molar-refractivity contribution >= 4 is 11.9 Å². The second-order valence-electron chi connectivity index (χ2n) is 9.45. The molecule has 1 saturated carbocycles. The Hall–Kier alpha value is -2.04. The molecule has 2 aliphatic rings. The summed E-state index contributed by atoms with van der Waals surface area (Å²) in [5.74, 6) is 0.0567. The van der Waals surface area contributed by atoms with Crippen LogP contribution in [0.4, 0.5) is 0 Å². The van der Waals surface area contributed by atoms with Crippen LogP contribution >= 0.6 is 0 Å². The Balaban J connectivity index is 1.49. The molecule has 1 aliphatic heterocycles. The van der Waals surface area contributed by atoms with Gasteiger partial charge in [0.2, 0.25) is 0 Å². The molecule has 1 saturated heterocycles. The van der Waals surface area contributed by atoms with Crippen LogP contribution in [-0.2, 0) is 14.3 Å². The Morgan fingerprint density at radius 1 is 1.15 bits per heavy atom. The Kier molecular flexibility index (Phi) is 5.24. The Bertz CT molecular complexity index is 742. The van der Waals surface area contributed by atoms with Gasteiger partial charge in [0.05, 0.1) is 0 Å². The first kappa shape index (κ1) is 19.7. The molecule has 0 radical (unpaired) electrons. The molecule has 2 atom stereocenters. The number of benzene rings is 1. The van der Waals surface area contributed by atoms with E-state index in [1.54, 1.807) is 0 Å². The molecule has 148 valence electrons. The number of carbonyl (C=O) groups is 2. The van der Waals surface area contributed by atoms with Gasteiger partial charge in [-0.25, -0.2) is 4.79 Å². The van der Waals surface area contributed by atoms with Crippen molar-refractivity contribution < 1.29 is 19.1 Å². The minimum atomic E-state index is -0.516. The lowest BCUT2D eigenvalue weighted by Gasteiger charge is -2.39. The molecule has 0 N–H and O–H groups in total. The summed E-state index contributed by atoms with van der Waals surface area (Å²) in [5, 5.41) is 0. The summed E-state index contributed by atoms with van der Waals surface area (Å²) in [4.78, 5) is 26.6. The third-order valence-corrected chi connectivity index (χ3v) is 5.78. The highest BCUT2D eigenvalue weighted by atomic mass is 16.6. The van der Waals surface area contributed by atoms with Crippen LogP contribution in [0.3, 0.4) is 0 Å². The average molecular weight is 373 g/mol. The highest BCUT2D eigenvalue weighted by molar-refractivity contribution is 5.81. The predicted octanol–water partition coefficient (Wildman–Crippen LogP) is 3.65. The summed E-state index contributed by atoms with van der Waals surface area (Å²) in [5.41, 5.74) is 2.46. The van der Waals surface area contributed by atoms with Crippen LogP contribution in [0.25, 0.3) is 0 Å². The average Bonchev–Trinajstić information content (AvgIpc) is 2.82. The van der Waals surface area contributed by atoms with Gasteiger partial charge in [-0.05, 0) is 61.1 Å². The molecule has 27 heavy (non-hydrogen) atoms. The number of hydrogen-bond acceptors (Lipinski definition) is 4. The number of carbonyl (C=O) groups excluding carboxylic acids is 2. The van der Waals surface area contributed by atoms with Crippen molar-refractivity contribution in [2.45, 2.75) is 59.9 Å². The molecule has 1 aromatic rings. The summed E-state index contributed by atoms with van der Waals surface area (Å²) >= 11 is 0. The number of hydrogen-bond donors (Lipinski definition) is 0. The molecule has 2 fully saturated rings. The summed E-state index contributed by atoms with van der Waals surface area (Å²) in [6, 6.07) is 6.09. The fourth-order valence-corrected chi connectivity index (χ4v) is 5.02. The first-order valence-electron chi connectivity index (χ1n) is 9.72. The molecule has 5 nitrogen and oxygen atoms in total. The summed E-state index contributed by atoms with van der Waals surface area (Å²) in [6.07, 6.45) is 3.19. The summed E-state index contributed by atoms with van der Waals surface area (Å²) in [6.45, 7) is 11.1. The van der Waals surface area contributed by atoms with E-state index in [9.17, 15) is 9.59 Å². The second-order valence-corrected chi connectivity index (χ2v) is 9.45. The SMILES string of the molecule is Cc1ccc(C)c(OCC(=O)OCC(=O)N2CC3(C)CC2CC(C)(C)C3)c1. The maximum absolute atomic E-state index is 12.6. The van der Waals surface area contributed by atoms with E-state index in [4.69, 9.17) is 9.47 Å². The molecule has 3 rings (SSSR count). The zero-order valence-electron chi connectivity index (χ0n) is 17.1. The first-order valence-corrected chi connectivity index (χ1v) is 9.72. The Morgan fingerprint density at radius 2 is 1.89 bits per heavy atom. The van der Waals surface area contributed by atoms with Gasteiger partial charge in [0.15, 0.2) is 13.2 Å². The molecule has 1 aliphatic carbocycles. The van der Waals surface area contributed by atoms with Crippen molar-refractivity contribution in [3.8, 4) is 5.75 Å². The first-order chi connectivity index (χ1) is 12.6. The van der Waals surface area contributed by atoms with Crippen LogP contribution in [0, 0.1) is 24.7 Å². The van der Waals surface area contributed by atoms with E-state index >= 15 is 0 Å². The zero-order chi connectivity index (χ0) is 19.8. The number of esters is 1. The number of amides is 1. The fourth-order valence-electron chi connectivity index (χ4n) is 5.02. The number of aryl methyl sites for hydroxylation is 2. The van der Waals surface area contributed by atoms with Crippen LogP contribution in [-0.4, -0.2) is 42.6 Å². The minimum Gasteiger partial charge on any atom is -0.482 e. The van der Waals surface area contributed by atoms with Gasteiger partial charge in [-0.3, -0.25) is 4.79 Å². The molecule has 1 heterocycles. The van der Waals surface area contributed by atoms with Gasteiger partial charge in [0.1, 0.15) is 5.75 Å². The lowest BCUT2D eigenvalue weighted by Crippen LogP contribution is -2.40. The van der Waals surface area contributed by atoms with Crippen LogP contribution in [0.2, 0.25) is 0 Å². The third kappa shape index (κ3) is 4.63. The monoisotopic (exact) mass is 373 g/mol. The smallest absolute Gasteiger partial charge is 0.344 e. The van der Waals surface area contributed by atoms with Gasteiger partial charge in [0.25, 0.3) is 5.91 Å². The van der Waals surface area contributed by atoms with Crippen molar-refractivity contribution in [1.29, 1.82) is 0 Å². The van der Waals surface area contributed by atoms with Gasteiger partial charge >= 0.3 is 5.97 Å². The zero-order valence-corrected chi connectivity index (χ0v) is 17.1. The van der Waals surface area contributed by atoms with Crippen molar-refractivity contribution in [2.75, 3.05) is 19.8 Å². The third-order valence-electron chi connectivity index (χ3n) is 5.78. The molecule has 0 spiro atoms. The summed E-state index contributed by atoms with van der Waals surface area (Å²) in [7, 11) is 0. The maximum Gasteiger partial charge on any atom is 0.344 e. The van der Waals surface area contributed by atoms with Crippen molar-refractivity contribution in [2.24, 2.45) is 10.8 Å². The van der Waals surface area contributed by atoms with E-state index in [1.807, 2.05) is 36.9 Å². The molecule has 1 aromatic carbocycles. The van der Waals surface area contributed by atoms with Crippen LogP contribution in [0.1, 0.15) is 51.2 Å². The van der Waals surface area contributed by atoms with E-state index in [-0.39, 0.29) is 36.0 Å². The van der Waals surface area contributed by atoms with Crippen molar-refractivity contribution in [3.63, 3.8) is 0 Å². The van der Waals surface area contributed by atoms with Crippen molar-refractivity contribution in [3.05, 3.63) is 29.3 Å². The molecule has 2 unspecified atom stereocenters. The van der Waals surface area contributed by atoms with E-state index in [2.05, 4.69) is 20.8 Å². The van der Waals surface area contributed by atoms with Gasteiger partial charge in [0, 0.05) is 12.6 Å². The van der Waals surface area contributed by atoms with Crippen LogP contribution in [0.5, 0.6) is 5.75 Å². The second kappa shape index (κ2) is 7.17. The maximum atomic E-state index is 12.6. The molecular weight excluding hydrogens is 342 g/mol. The van der Waals surface area contributed by atoms with Gasteiger partial charge < -0.3 is 14.4 Å². The van der Waals surface area contributed by atoms with Gasteiger partial charge in [-0.2, -0.15) is 0 Å². The summed E-state index contributed by atoms with van der Waals surface area (Å²) < 4.78 is 10.7.